The number of fused-ring (bicyclic) bond motifs is 4. The molecule has 7 heteroatoms. The maximum absolute atomic E-state index is 17.3. The van der Waals surface area contributed by atoms with E-state index in [4.69, 9.17) is 9.47 Å². The predicted octanol–water partition coefficient (Wildman–Crippen LogP) is 36.2. The number of halogens is 2. The number of aromatic hydroxyl groups is 2. The number of aryl methyl sites for hydroxylation is 2. The normalized spacial score (nSPS) is 13.7. The Morgan fingerprint density at radius 3 is 0.729 bits per heavy atom. The molecule has 688 valence electrons. The summed E-state index contributed by atoms with van der Waals surface area (Å²) in [4.78, 5) is 0. The van der Waals surface area contributed by atoms with Gasteiger partial charge in [-0.3, -0.25) is 0 Å². The summed E-state index contributed by atoms with van der Waals surface area (Å²) in [5.41, 5.74) is 20.8. The Bertz CT molecular complexity index is 5740. The van der Waals surface area contributed by atoms with Crippen LogP contribution in [-0.2, 0) is 54.1 Å². The minimum atomic E-state index is -3.78. The molecule has 0 saturated carbocycles. The molecular weight excluding hydrogens is 1640 g/mol. The molecule has 0 radical (unpaired) electrons. The first-order valence-electron chi connectivity index (χ1n) is 47.9. The van der Waals surface area contributed by atoms with Crippen LogP contribution in [0.4, 0.5) is 8.78 Å². The number of phenolic OH excluding ortho intramolecular Hbond substituents is 2. The van der Waals surface area contributed by atoms with E-state index in [9.17, 15) is 10.2 Å². The molecule has 129 heavy (non-hydrogen) atoms. The zero-order valence-electron chi connectivity index (χ0n) is 87.0. The van der Waals surface area contributed by atoms with Gasteiger partial charge in [0.1, 0.15) is 0 Å². The minimum absolute atomic E-state index is 0.0415. The number of hydrogen-bond donors (Lipinski definition) is 2. The third kappa shape index (κ3) is 20.4. The molecular formula is C122H158F2GeO4. The fourth-order valence-corrected chi connectivity index (χ4v) is 28.0. The molecule has 0 fully saturated rings. The number of benzene rings is 12. The van der Waals surface area contributed by atoms with Crippen LogP contribution in [-0.4, -0.2) is 34.4 Å². The fourth-order valence-electron chi connectivity index (χ4n) is 20.5. The summed E-state index contributed by atoms with van der Waals surface area (Å²) in [6.45, 7) is 91.1. The summed E-state index contributed by atoms with van der Waals surface area (Å²) in [6.07, 6.45) is 1.61. The van der Waals surface area contributed by atoms with Gasteiger partial charge in [-0.05, 0) is 65.6 Å². The SMILES string of the molecule is Cc1cc(F)cc(-c2cc(C(C)(C)CC(C)(C)C)cc(-c3c4ccc(C(C)(C)C)cc4c(-c4cc(C(C)(C)C)cc(C(C)(C)C)c4)c4cc(C(C)(C)C)ccc34)c2O)c1O[CH2][Ge]([CH2]Oc1c(C)cc(F)cc1-c1cc(C(C)(C)CC(C)(C)C)cc(-c2c3ccc(C(C)(C)C)cc3c(-c3cc(C(C)(C)C)cc(C(C)(C)C)c3)c3cc(C(C)(C)C)ccc23)c1O)([CH](C)C)[CH](C)C. The Morgan fingerprint density at radius 1 is 0.264 bits per heavy atom. The summed E-state index contributed by atoms with van der Waals surface area (Å²) in [5, 5.41) is 36.8. The van der Waals surface area contributed by atoms with Gasteiger partial charge in [0.2, 0.25) is 0 Å². The third-order valence-corrected chi connectivity index (χ3v) is 40.7. The number of phenols is 2. The second-order valence-corrected chi connectivity index (χ2v) is 62.8. The average molecular weight is 1800 g/mol. The van der Waals surface area contributed by atoms with Crippen molar-refractivity contribution < 1.29 is 28.5 Å². The van der Waals surface area contributed by atoms with Crippen molar-refractivity contribution in [3.05, 3.63) is 236 Å². The van der Waals surface area contributed by atoms with Gasteiger partial charge in [0.15, 0.2) is 0 Å². The summed E-state index contributed by atoms with van der Waals surface area (Å²) < 4.78 is 50.2. The van der Waals surface area contributed by atoms with Gasteiger partial charge in [0.05, 0.1) is 0 Å². The molecule has 2 N–H and O–H groups in total. The van der Waals surface area contributed by atoms with Crippen LogP contribution in [0.5, 0.6) is 23.0 Å². The fraction of sp³-hybridized carbons (Fsp3) is 0.475. The van der Waals surface area contributed by atoms with Gasteiger partial charge in [0, 0.05) is 0 Å². The molecule has 0 spiro atoms. The Hall–Kier alpha value is -8.72. The van der Waals surface area contributed by atoms with Crippen molar-refractivity contribution in [2.45, 2.75) is 353 Å². The van der Waals surface area contributed by atoms with Gasteiger partial charge in [-0.1, -0.05) is 203 Å². The number of hydrogen-bond acceptors (Lipinski definition) is 4. The molecule has 0 atom stereocenters. The Kier molecular flexibility index (Phi) is 26.2. The summed E-state index contributed by atoms with van der Waals surface area (Å²) >= 11 is -3.78. The first kappa shape index (κ1) is 99.3. The molecule has 12 aromatic rings. The molecule has 0 amide bonds. The maximum atomic E-state index is 17.3. The summed E-state index contributed by atoms with van der Waals surface area (Å²) in [6, 6.07) is 57.5. The van der Waals surface area contributed by atoms with Crippen LogP contribution in [0.25, 0.3) is 110 Å². The van der Waals surface area contributed by atoms with E-state index in [1.54, 1.807) is 24.3 Å². The van der Waals surface area contributed by atoms with Crippen molar-refractivity contribution in [1.82, 2.24) is 0 Å². The van der Waals surface area contributed by atoms with Gasteiger partial charge >= 0.3 is 518 Å². The van der Waals surface area contributed by atoms with Crippen molar-refractivity contribution in [2.75, 3.05) is 10.9 Å². The van der Waals surface area contributed by atoms with E-state index in [1.165, 1.54) is 44.5 Å². The van der Waals surface area contributed by atoms with E-state index in [0.717, 1.165) is 100 Å². The van der Waals surface area contributed by atoms with Crippen LogP contribution < -0.4 is 9.47 Å². The van der Waals surface area contributed by atoms with E-state index in [-0.39, 0.29) is 75.1 Å². The zero-order valence-corrected chi connectivity index (χ0v) is 89.1. The first-order valence-corrected chi connectivity index (χ1v) is 53.2. The molecule has 0 unspecified atom stereocenters. The molecule has 0 aliphatic heterocycles. The second kappa shape index (κ2) is 34.1. The van der Waals surface area contributed by atoms with Crippen molar-refractivity contribution in [1.29, 1.82) is 0 Å². The van der Waals surface area contributed by atoms with E-state index >= 15 is 8.78 Å². The van der Waals surface area contributed by atoms with Crippen LogP contribution in [0.2, 0.25) is 9.50 Å². The average Bonchev–Trinajstić information content (AvgIpc) is 0.715. The van der Waals surface area contributed by atoms with Crippen molar-refractivity contribution in [2.24, 2.45) is 10.8 Å². The molecule has 0 heterocycles. The first-order chi connectivity index (χ1) is 58.8. The van der Waals surface area contributed by atoms with Crippen LogP contribution in [0.15, 0.2) is 158 Å². The second-order valence-electron chi connectivity index (χ2n) is 51.5. The quantitative estimate of drug-likeness (QED) is 0.0664. The van der Waals surface area contributed by atoms with Crippen molar-refractivity contribution in [3.63, 3.8) is 0 Å². The standard InChI is InChI=1S/C122H158F2GeO4/c1-71(2)125(72(3)4,69-128-109-73(5)49-87(123)65-99(109)97-61-85(121(37,38)67-111(7,8)9)63-101(107(97)126)105-89-45-41-77(113(13,14)15)57-93(89)103(94-58-78(114(16,17)18)42-46-90(94)105)75-51-81(117(25,26)27)55-82(52-75)118(28,29)30)70-129-110-74(6)50-88(124)66-100(110)98-62-86(122(39,40)68-112(10,11)12)64-102(108(98)127)106-91-47-43-79(115(19,20)21)59-95(91)104(96-60-80(116(22,23)24)44-48-92(96)106)76-53-83(119(31,32)33)56-84(54-76)120(34,35)36/h41-66,71-72,126-127H,67-70H2,1-40H3. The third-order valence-electron chi connectivity index (χ3n) is 28.2. The van der Waals surface area contributed by atoms with E-state index < -0.39 is 35.7 Å². The summed E-state index contributed by atoms with van der Waals surface area (Å²) in [5.74, 6) is 0.205. The van der Waals surface area contributed by atoms with Crippen LogP contribution >= 0.6 is 0 Å². The molecule has 12 rings (SSSR count). The molecule has 0 aliphatic carbocycles. The van der Waals surface area contributed by atoms with Gasteiger partial charge in [-0.25, -0.2) is 0 Å². The number of rotatable bonds is 18. The van der Waals surface area contributed by atoms with Crippen LogP contribution in [0.1, 0.15) is 343 Å². The van der Waals surface area contributed by atoms with Crippen molar-refractivity contribution >= 4 is 56.4 Å². The van der Waals surface area contributed by atoms with E-state index in [1.807, 2.05) is 13.8 Å². The molecule has 0 aromatic heterocycles. The van der Waals surface area contributed by atoms with Crippen molar-refractivity contribution in [3.8, 4) is 89.8 Å². The molecule has 0 saturated heterocycles. The molecule has 4 nitrogen and oxygen atoms in total. The van der Waals surface area contributed by atoms with E-state index in [0.29, 0.717) is 66.9 Å². The van der Waals surface area contributed by atoms with E-state index in [2.05, 4.69) is 397 Å². The zero-order chi connectivity index (χ0) is 96.2. The Labute approximate surface area is 780 Å². The summed E-state index contributed by atoms with van der Waals surface area (Å²) in [7, 11) is 0. The Balaban J connectivity index is 1.08. The Morgan fingerprint density at radius 2 is 0.504 bits per heavy atom. The van der Waals surface area contributed by atoms with Gasteiger partial charge in [0.25, 0.3) is 0 Å². The van der Waals surface area contributed by atoms with Crippen LogP contribution in [0, 0.1) is 36.3 Å². The predicted molar refractivity (Wildman–Crippen MR) is 559 cm³/mol. The monoisotopic (exact) mass is 1800 g/mol. The van der Waals surface area contributed by atoms with Gasteiger partial charge in [-0.15, -0.1) is 0 Å². The van der Waals surface area contributed by atoms with Gasteiger partial charge in [-0.2, -0.15) is 0 Å². The van der Waals surface area contributed by atoms with Crippen LogP contribution in [0.3, 0.4) is 0 Å². The number of ether oxygens (including phenoxy) is 2. The molecule has 12 aromatic carbocycles. The molecule has 0 aliphatic rings. The topological polar surface area (TPSA) is 58.9 Å². The van der Waals surface area contributed by atoms with Gasteiger partial charge < -0.3 is 0 Å². The molecule has 0 bridgehead atoms.